The number of piperazine rings is 1. The summed E-state index contributed by atoms with van der Waals surface area (Å²) < 4.78 is 13.3. The van der Waals surface area contributed by atoms with Gasteiger partial charge in [-0.15, -0.1) is 0 Å². The number of amides is 2. The van der Waals surface area contributed by atoms with Gasteiger partial charge in [-0.3, -0.25) is 4.90 Å². The lowest BCUT2D eigenvalue weighted by atomic mass is 9.76. The Hall–Kier alpha value is -1.66. The number of hydrogen-bond donors (Lipinski definition) is 2. The van der Waals surface area contributed by atoms with E-state index in [2.05, 4.69) is 17.1 Å². The normalized spacial score (nSPS) is 27.1. The summed E-state index contributed by atoms with van der Waals surface area (Å²) in [5, 5.41) is 13.1. The molecule has 5 nitrogen and oxygen atoms in total. The molecule has 2 N–H and O–H groups in total. The molecule has 2 aliphatic rings. The fourth-order valence-electron chi connectivity index (χ4n) is 3.95. The van der Waals surface area contributed by atoms with Gasteiger partial charge in [-0.1, -0.05) is 12.1 Å². The monoisotopic (exact) mass is 363 g/mol. The summed E-state index contributed by atoms with van der Waals surface area (Å²) >= 11 is 0. The third-order valence-corrected chi connectivity index (χ3v) is 5.43. The van der Waals surface area contributed by atoms with E-state index in [-0.39, 0.29) is 23.9 Å². The number of carbonyl (C=O) groups is 1. The summed E-state index contributed by atoms with van der Waals surface area (Å²) in [6.07, 6.45) is 1.73. The minimum atomic E-state index is -0.726. The van der Waals surface area contributed by atoms with Crippen LogP contribution >= 0.6 is 0 Å². The van der Waals surface area contributed by atoms with Gasteiger partial charge in [0.2, 0.25) is 0 Å². The van der Waals surface area contributed by atoms with Gasteiger partial charge in [-0.2, -0.15) is 0 Å². The van der Waals surface area contributed by atoms with Crippen LogP contribution in [0.2, 0.25) is 0 Å². The highest BCUT2D eigenvalue weighted by molar-refractivity contribution is 5.75. The van der Waals surface area contributed by atoms with E-state index in [0.717, 1.165) is 24.9 Å². The predicted octanol–water partition coefficient (Wildman–Crippen LogP) is 2.56. The molecule has 26 heavy (non-hydrogen) atoms. The molecule has 1 saturated heterocycles. The second-order valence-electron chi connectivity index (χ2n) is 8.45. The number of nitrogens with one attached hydrogen (secondary N) is 1. The Kier molecular flexibility index (Phi) is 5.53. The summed E-state index contributed by atoms with van der Waals surface area (Å²) in [5.41, 5.74) is 0.292. The van der Waals surface area contributed by atoms with Gasteiger partial charge >= 0.3 is 6.03 Å². The molecule has 1 atom stereocenters. The van der Waals surface area contributed by atoms with Gasteiger partial charge < -0.3 is 15.3 Å². The Morgan fingerprint density at radius 3 is 2.69 bits per heavy atom. The molecule has 1 aliphatic carbocycles. The van der Waals surface area contributed by atoms with Crippen molar-refractivity contribution in [2.75, 3.05) is 26.2 Å². The summed E-state index contributed by atoms with van der Waals surface area (Å²) in [6, 6.07) is 7.12. The Balaban J connectivity index is 1.44. The molecule has 0 spiro atoms. The second kappa shape index (κ2) is 7.53. The average Bonchev–Trinajstić information content (AvgIpc) is 2.51. The van der Waals surface area contributed by atoms with Gasteiger partial charge in [-0.05, 0) is 57.2 Å². The van der Waals surface area contributed by atoms with E-state index in [0.29, 0.717) is 25.6 Å². The van der Waals surface area contributed by atoms with Crippen molar-refractivity contribution in [1.29, 1.82) is 0 Å². The minimum Gasteiger partial charge on any atom is -0.389 e. The van der Waals surface area contributed by atoms with E-state index in [1.165, 1.54) is 6.07 Å². The van der Waals surface area contributed by atoms with Crippen LogP contribution in [0.1, 0.15) is 45.1 Å². The first kappa shape index (κ1) is 19.1. The first-order valence-electron chi connectivity index (χ1n) is 9.48. The van der Waals surface area contributed by atoms with Gasteiger partial charge in [0.15, 0.2) is 0 Å². The third-order valence-electron chi connectivity index (χ3n) is 5.43. The van der Waals surface area contributed by atoms with Gasteiger partial charge in [-0.25, -0.2) is 9.18 Å². The molecule has 144 valence electrons. The maximum Gasteiger partial charge on any atom is 0.317 e. The predicted molar refractivity (Wildman–Crippen MR) is 99.6 cm³/mol. The van der Waals surface area contributed by atoms with Crippen molar-refractivity contribution in [1.82, 2.24) is 15.1 Å². The molecule has 2 fully saturated rings. The van der Waals surface area contributed by atoms with Crippen LogP contribution in [0.5, 0.6) is 0 Å². The Labute approximate surface area is 155 Å². The molecule has 3 rings (SSSR count). The van der Waals surface area contributed by atoms with Crippen LogP contribution in [0.25, 0.3) is 0 Å². The minimum absolute atomic E-state index is 0.0116. The molecule has 0 aromatic heterocycles. The molecule has 1 aromatic rings. The van der Waals surface area contributed by atoms with E-state index in [9.17, 15) is 14.3 Å². The molecule has 2 amide bonds. The van der Waals surface area contributed by atoms with Gasteiger partial charge in [0.05, 0.1) is 5.60 Å². The quantitative estimate of drug-likeness (QED) is 0.864. The van der Waals surface area contributed by atoms with Gasteiger partial charge in [0.25, 0.3) is 0 Å². The molecule has 1 heterocycles. The summed E-state index contributed by atoms with van der Waals surface area (Å²) in [7, 11) is 0. The van der Waals surface area contributed by atoms with Crippen molar-refractivity contribution in [2.24, 2.45) is 0 Å². The number of aliphatic hydroxyl groups is 1. The average molecular weight is 363 g/mol. The van der Waals surface area contributed by atoms with Crippen LogP contribution in [-0.4, -0.2) is 64.8 Å². The second-order valence-corrected chi connectivity index (χ2v) is 8.45. The number of nitrogens with zero attached hydrogens (tertiary/aromatic N) is 2. The van der Waals surface area contributed by atoms with Crippen LogP contribution in [0, 0.1) is 5.82 Å². The van der Waals surface area contributed by atoms with Crippen LogP contribution in [-0.2, 0) is 0 Å². The lowest BCUT2D eigenvalue weighted by Crippen LogP contribution is -2.59. The fraction of sp³-hybridized carbons (Fsp3) is 0.650. The molecular weight excluding hydrogens is 333 g/mol. The lowest BCUT2D eigenvalue weighted by Gasteiger charge is -2.43. The summed E-state index contributed by atoms with van der Waals surface area (Å²) in [6.45, 7) is 8.44. The van der Waals surface area contributed by atoms with E-state index in [4.69, 9.17) is 0 Å². The lowest BCUT2D eigenvalue weighted by molar-refractivity contribution is 0.00256. The van der Waals surface area contributed by atoms with Gasteiger partial charge in [0, 0.05) is 38.3 Å². The molecule has 1 aliphatic heterocycles. The Bertz CT molecular complexity index is 640. The third kappa shape index (κ3) is 4.74. The molecule has 1 aromatic carbocycles. The van der Waals surface area contributed by atoms with Crippen LogP contribution in [0.15, 0.2) is 24.3 Å². The Morgan fingerprint density at radius 1 is 1.35 bits per heavy atom. The molecule has 6 heteroatoms. The molecule has 1 saturated carbocycles. The number of hydrogen-bond acceptors (Lipinski definition) is 3. The maximum absolute atomic E-state index is 13.3. The van der Waals surface area contributed by atoms with Crippen molar-refractivity contribution in [3.63, 3.8) is 0 Å². The van der Waals surface area contributed by atoms with E-state index in [1.807, 2.05) is 24.8 Å². The highest BCUT2D eigenvalue weighted by atomic mass is 19.1. The number of β-amino-alcohol motifs (C(OH)–C–C–N with tert-alkyl or cyclic N) is 1. The zero-order valence-corrected chi connectivity index (χ0v) is 15.9. The molecule has 1 unspecified atom stereocenters. The summed E-state index contributed by atoms with van der Waals surface area (Å²) in [5.74, 6) is 0.131. The van der Waals surface area contributed by atoms with Crippen molar-refractivity contribution >= 4 is 6.03 Å². The largest absolute Gasteiger partial charge is 0.389 e. The number of urea groups is 1. The SMILES string of the molecule is CC1CN(C(=O)NC2CC(c3cccc(F)c3)C2)CCN1CC(C)(C)O. The summed E-state index contributed by atoms with van der Waals surface area (Å²) in [4.78, 5) is 16.6. The van der Waals surface area contributed by atoms with E-state index < -0.39 is 5.60 Å². The van der Waals surface area contributed by atoms with Crippen molar-refractivity contribution < 1.29 is 14.3 Å². The Morgan fingerprint density at radius 2 is 2.08 bits per heavy atom. The topological polar surface area (TPSA) is 55.8 Å². The molecule has 0 radical (unpaired) electrons. The smallest absolute Gasteiger partial charge is 0.317 e. The number of rotatable bonds is 4. The molecule has 0 bridgehead atoms. The van der Waals surface area contributed by atoms with Gasteiger partial charge in [0.1, 0.15) is 5.82 Å². The molecular formula is C20H30FN3O2. The van der Waals surface area contributed by atoms with Crippen molar-refractivity contribution in [3.05, 3.63) is 35.6 Å². The highest BCUT2D eigenvalue weighted by Gasteiger charge is 2.34. The van der Waals surface area contributed by atoms with Crippen molar-refractivity contribution in [2.45, 2.75) is 57.2 Å². The number of halogens is 1. The standard InChI is InChI=1S/C20H30FN3O2/c1-14-12-23(7-8-24(14)13-20(2,3)26)19(25)22-18-10-16(11-18)15-5-4-6-17(21)9-15/h4-6,9,14,16,18,26H,7-8,10-13H2,1-3H3,(H,22,25). The number of carbonyl (C=O) groups excluding carboxylic acids is 1. The van der Waals surface area contributed by atoms with E-state index >= 15 is 0 Å². The number of benzene rings is 1. The maximum atomic E-state index is 13.3. The van der Waals surface area contributed by atoms with Crippen molar-refractivity contribution in [3.8, 4) is 0 Å². The van der Waals surface area contributed by atoms with Crippen LogP contribution < -0.4 is 5.32 Å². The first-order valence-corrected chi connectivity index (χ1v) is 9.48. The van der Waals surface area contributed by atoms with E-state index in [1.54, 1.807) is 12.1 Å². The highest BCUT2D eigenvalue weighted by Crippen LogP contribution is 2.37. The zero-order valence-electron chi connectivity index (χ0n) is 15.9. The van der Waals surface area contributed by atoms with Crippen LogP contribution in [0.4, 0.5) is 9.18 Å². The zero-order chi connectivity index (χ0) is 18.9. The fourth-order valence-corrected chi connectivity index (χ4v) is 3.95. The van der Waals surface area contributed by atoms with Crippen LogP contribution in [0.3, 0.4) is 0 Å². The first-order chi connectivity index (χ1) is 12.2.